The van der Waals surface area contributed by atoms with Gasteiger partial charge in [0.05, 0.1) is 11.1 Å². The quantitative estimate of drug-likeness (QED) is 0.742. The van der Waals surface area contributed by atoms with Crippen LogP contribution in [0.25, 0.3) is 10.8 Å². The second-order valence-corrected chi connectivity index (χ2v) is 7.62. The molecular weight excluding hydrogens is 286 g/mol. The molecule has 2 bridgehead atoms. The van der Waals surface area contributed by atoms with Crippen molar-refractivity contribution < 1.29 is 9.59 Å². The lowest BCUT2D eigenvalue weighted by atomic mass is 9.62. The van der Waals surface area contributed by atoms with Crippen LogP contribution in [0.3, 0.4) is 0 Å². The van der Waals surface area contributed by atoms with E-state index in [1.54, 1.807) is 0 Å². The Hall–Kier alpha value is -2.16. The van der Waals surface area contributed by atoms with Gasteiger partial charge in [-0.3, -0.25) is 9.59 Å². The molecule has 3 heteroatoms. The lowest BCUT2D eigenvalue weighted by Crippen LogP contribution is -2.59. The SMILES string of the molecule is CC1(C)[C@@H]2CC[C@]1(C)C(=O)N(c1cccc3ccccc13)C2=O. The number of anilines is 1. The van der Waals surface area contributed by atoms with Gasteiger partial charge in [0.15, 0.2) is 0 Å². The molecular formula is C20H21NO2. The summed E-state index contributed by atoms with van der Waals surface area (Å²) in [6, 6.07) is 13.7. The highest BCUT2D eigenvalue weighted by molar-refractivity contribution is 6.23. The number of hydrogen-bond acceptors (Lipinski definition) is 2. The molecule has 3 nitrogen and oxygen atoms in total. The van der Waals surface area contributed by atoms with Crippen LogP contribution in [0.5, 0.6) is 0 Å². The molecule has 118 valence electrons. The maximum atomic E-state index is 13.3. The van der Waals surface area contributed by atoms with E-state index < -0.39 is 5.41 Å². The molecule has 1 saturated heterocycles. The van der Waals surface area contributed by atoms with Crippen molar-refractivity contribution in [3.63, 3.8) is 0 Å². The van der Waals surface area contributed by atoms with Gasteiger partial charge >= 0.3 is 0 Å². The number of imide groups is 1. The van der Waals surface area contributed by atoms with Gasteiger partial charge in [-0.2, -0.15) is 0 Å². The van der Waals surface area contributed by atoms with Crippen LogP contribution in [0.2, 0.25) is 0 Å². The van der Waals surface area contributed by atoms with Crippen molar-refractivity contribution in [2.24, 2.45) is 16.7 Å². The fourth-order valence-electron chi connectivity index (χ4n) is 4.45. The van der Waals surface area contributed by atoms with Gasteiger partial charge in [-0.1, -0.05) is 57.2 Å². The third-order valence-electron chi connectivity index (χ3n) is 6.43. The first-order valence-electron chi connectivity index (χ1n) is 8.24. The topological polar surface area (TPSA) is 37.4 Å². The molecule has 1 saturated carbocycles. The number of carbonyl (C=O) groups is 2. The maximum Gasteiger partial charge on any atom is 0.240 e. The van der Waals surface area contributed by atoms with Crippen molar-refractivity contribution >= 4 is 28.3 Å². The predicted molar refractivity (Wildman–Crippen MR) is 91.1 cm³/mol. The van der Waals surface area contributed by atoms with Crippen molar-refractivity contribution in [2.75, 3.05) is 4.90 Å². The molecule has 1 aliphatic carbocycles. The van der Waals surface area contributed by atoms with Crippen LogP contribution in [0, 0.1) is 16.7 Å². The van der Waals surface area contributed by atoms with Gasteiger partial charge in [0.2, 0.25) is 11.8 Å². The Morgan fingerprint density at radius 1 is 1.00 bits per heavy atom. The number of benzene rings is 2. The fourth-order valence-corrected chi connectivity index (χ4v) is 4.45. The Balaban J connectivity index is 1.93. The van der Waals surface area contributed by atoms with Crippen molar-refractivity contribution in [3.05, 3.63) is 42.5 Å². The number of hydrogen-bond donors (Lipinski definition) is 0. The number of nitrogens with zero attached hydrogens (tertiary/aromatic N) is 1. The van der Waals surface area contributed by atoms with Crippen LogP contribution in [0.4, 0.5) is 5.69 Å². The summed E-state index contributed by atoms with van der Waals surface area (Å²) in [7, 11) is 0. The summed E-state index contributed by atoms with van der Waals surface area (Å²) >= 11 is 0. The fraction of sp³-hybridized carbons (Fsp3) is 0.400. The Bertz CT molecular complexity index is 833. The van der Waals surface area contributed by atoms with E-state index in [0.29, 0.717) is 0 Å². The van der Waals surface area contributed by atoms with Gasteiger partial charge in [0.1, 0.15) is 0 Å². The summed E-state index contributed by atoms with van der Waals surface area (Å²) in [4.78, 5) is 27.8. The smallest absolute Gasteiger partial charge is 0.240 e. The van der Waals surface area contributed by atoms with Crippen LogP contribution in [0.15, 0.2) is 42.5 Å². The Kier molecular flexibility index (Phi) is 2.78. The van der Waals surface area contributed by atoms with E-state index in [2.05, 4.69) is 13.8 Å². The molecule has 0 unspecified atom stereocenters. The highest BCUT2D eigenvalue weighted by Gasteiger charge is 2.64. The molecule has 2 amide bonds. The number of carbonyl (C=O) groups excluding carboxylic acids is 2. The van der Waals surface area contributed by atoms with E-state index in [1.165, 1.54) is 4.90 Å². The Morgan fingerprint density at radius 2 is 1.70 bits per heavy atom. The molecule has 0 aromatic heterocycles. The van der Waals surface area contributed by atoms with Crippen molar-refractivity contribution in [2.45, 2.75) is 33.6 Å². The zero-order chi connectivity index (χ0) is 16.4. The van der Waals surface area contributed by atoms with Gasteiger partial charge in [-0.25, -0.2) is 4.90 Å². The molecule has 0 radical (unpaired) electrons. The van der Waals surface area contributed by atoms with Crippen LogP contribution in [0.1, 0.15) is 33.6 Å². The van der Waals surface area contributed by atoms with E-state index in [1.807, 2.05) is 49.4 Å². The van der Waals surface area contributed by atoms with E-state index in [9.17, 15) is 9.59 Å². The van der Waals surface area contributed by atoms with E-state index in [-0.39, 0.29) is 23.1 Å². The minimum Gasteiger partial charge on any atom is -0.274 e. The number of fused-ring (bicyclic) bond motifs is 3. The highest BCUT2D eigenvalue weighted by Crippen LogP contribution is 2.60. The standard InChI is InChI=1S/C20H21NO2/c1-19(2)15-11-12-20(19,3)18(23)21(17(15)22)16-10-6-8-13-7-4-5-9-14(13)16/h4-10,15H,11-12H2,1-3H3/t15-,20-/m1/s1. The summed E-state index contributed by atoms with van der Waals surface area (Å²) in [6.07, 6.45) is 1.59. The lowest BCUT2D eigenvalue weighted by molar-refractivity contribution is -0.146. The number of amides is 2. The molecule has 2 aromatic rings. The first-order valence-corrected chi connectivity index (χ1v) is 8.24. The molecule has 23 heavy (non-hydrogen) atoms. The van der Waals surface area contributed by atoms with Crippen molar-refractivity contribution in [1.82, 2.24) is 0 Å². The van der Waals surface area contributed by atoms with Gasteiger partial charge in [-0.05, 0) is 29.7 Å². The number of piperidine rings is 1. The van der Waals surface area contributed by atoms with E-state index >= 15 is 0 Å². The lowest BCUT2D eigenvalue weighted by Gasteiger charge is -2.47. The van der Waals surface area contributed by atoms with Gasteiger partial charge in [0.25, 0.3) is 0 Å². The van der Waals surface area contributed by atoms with Gasteiger partial charge < -0.3 is 0 Å². The molecule has 1 aliphatic heterocycles. The van der Waals surface area contributed by atoms with Crippen molar-refractivity contribution in [1.29, 1.82) is 0 Å². The predicted octanol–water partition coefficient (Wildman–Crippen LogP) is 4.16. The highest BCUT2D eigenvalue weighted by atomic mass is 16.2. The molecule has 2 aromatic carbocycles. The normalized spacial score (nSPS) is 29.3. The second kappa shape index (κ2) is 4.44. The van der Waals surface area contributed by atoms with Gasteiger partial charge in [-0.15, -0.1) is 0 Å². The van der Waals surface area contributed by atoms with E-state index in [0.717, 1.165) is 29.3 Å². The Labute approximate surface area is 136 Å². The minimum absolute atomic E-state index is 0.0358. The van der Waals surface area contributed by atoms with Crippen LogP contribution in [-0.4, -0.2) is 11.8 Å². The molecule has 4 rings (SSSR count). The first-order chi connectivity index (χ1) is 10.9. The summed E-state index contributed by atoms with van der Waals surface area (Å²) < 4.78 is 0. The van der Waals surface area contributed by atoms with Crippen LogP contribution >= 0.6 is 0 Å². The summed E-state index contributed by atoms with van der Waals surface area (Å²) in [6.45, 7) is 6.17. The van der Waals surface area contributed by atoms with Gasteiger partial charge in [0, 0.05) is 11.3 Å². The monoisotopic (exact) mass is 307 g/mol. The van der Waals surface area contributed by atoms with Crippen molar-refractivity contribution in [3.8, 4) is 0 Å². The van der Waals surface area contributed by atoms with E-state index in [4.69, 9.17) is 0 Å². The zero-order valence-electron chi connectivity index (χ0n) is 13.8. The number of rotatable bonds is 1. The molecule has 0 spiro atoms. The summed E-state index contributed by atoms with van der Waals surface area (Å²) in [5.41, 5.74) is -0.0168. The summed E-state index contributed by atoms with van der Waals surface area (Å²) in [5, 5.41) is 2.01. The van der Waals surface area contributed by atoms with Crippen LogP contribution in [-0.2, 0) is 9.59 Å². The molecule has 2 aliphatic rings. The van der Waals surface area contributed by atoms with Crippen LogP contribution < -0.4 is 4.90 Å². The first kappa shape index (κ1) is 14.4. The molecule has 2 fully saturated rings. The minimum atomic E-state index is -0.470. The third kappa shape index (κ3) is 1.65. The molecule has 0 N–H and O–H groups in total. The average molecular weight is 307 g/mol. The average Bonchev–Trinajstić information content (AvgIpc) is 2.72. The maximum absolute atomic E-state index is 13.3. The molecule has 1 heterocycles. The zero-order valence-corrected chi connectivity index (χ0v) is 13.8. The second-order valence-electron chi connectivity index (χ2n) is 7.62. The Morgan fingerprint density at radius 3 is 2.48 bits per heavy atom. The molecule has 2 atom stereocenters. The summed E-state index contributed by atoms with van der Waals surface area (Å²) in [5.74, 6) is -0.159. The largest absolute Gasteiger partial charge is 0.274 e. The third-order valence-corrected chi connectivity index (χ3v) is 6.43.